The fourth-order valence-corrected chi connectivity index (χ4v) is 1.67. The summed E-state index contributed by atoms with van der Waals surface area (Å²) in [5.74, 6) is 0.110. The highest BCUT2D eigenvalue weighted by Crippen LogP contribution is 2.34. The monoisotopic (exact) mass is 227 g/mol. The first-order chi connectivity index (χ1) is 7.48. The zero-order chi connectivity index (χ0) is 12.3. The van der Waals surface area contributed by atoms with Crippen LogP contribution < -0.4 is 10.5 Å². The SMILES string of the molecule is COc1cc(C)cc(F)c1C(C)(CN)OC. The lowest BCUT2D eigenvalue weighted by molar-refractivity contribution is 0.00520. The predicted molar refractivity (Wildman–Crippen MR) is 61.1 cm³/mol. The third-order valence-electron chi connectivity index (χ3n) is 2.79. The predicted octanol–water partition coefficient (Wildman–Crippen LogP) is 1.96. The van der Waals surface area contributed by atoms with Crippen molar-refractivity contribution in [3.8, 4) is 5.75 Å². The van der Waals surface area contributed by atoms with Crippen molar-refractivity contribution < 1.29 is 13.9 Å². The minimum absolute atomic E-state index is 0.180. The summed E-state index contributed by atoms with van der Waals surface area (Å²) in [7, 11) is 3.01. The molecule has 0 aliphatic carbocycles. The minimum Gasteiger partial charge on any atom is -0.496 e. The van der Waals surface area contributed by atoms with Crippen LogP contribution in [0.15, 0.2) is 12.1 Å². The molecule has 0 heterocycles. The molecule has 1 unspecified atom stereocenters. The lowest BCUT2D eigenvalue weighted by atomic mass is 9.93. The first-order valence-corrected chi connectivity index (χ1v) is 5.08. The molecule has 0 aliphatic rings. The van der Waals surface area contributed by atoms with E-state index in [-0.39, 0.29) is 12.4 Å². The molecular formula is C12H18FNO2. The van der Waals surface area contributed by atoms with E-state index < -0.39 is 5.60 Å². The van der Waals surface area contributed by atoms with E-state index in [1.54, 1.807) is 13.0 Å². The molecule has 2 N–H and O–H groups in total. The second kappa shape index (κ2) is 4.80. The smallest absolute Gasteiger partial charge is 0.133 e. The summed E-state index contributed by atoms with van der Waals surface area (Å²) in [5.41, 5.74) is 5.93. The summed E-state index contributed by atoms with van der Waals surface area (Å²) in [5, 5.41) is 0. The van der Waals surface area contributed by atoms with Crippen molar-refractivity contribution in [3.05, 3.63) is 29.1 Å². The van der Waals surface area contributed by atoms with Crippen molar-refractivity contribution in [2.45, 2.75) is 19.4 Å². The zero-order valence-corrected chi connectivity index (χ0v) is 10.1. The average Bonchev–Trinajstić information content (AvgIpc) is 2.27. The van der Waals surface area contributed by atoms with Crippen LogP contribution in [0.4, 0.5) is 4.39 Å². The second-order valence-electron chi connectivity index (χ2n) is 3.96. The molecule has 0 bridgehead atoms. The molecule has 0 amide bonds. The lowest BCUT2D eigenvalue weighted by Gasteiger charge is -2.29. The van der Waals surface area contributed by atoms with Gasteiger partial charge in [0.15, 0.2) is 0 Å². The van der Waals surface area contributed by atoms with E-state index in [9.17, 15) is 4.39 Å². The van der Waals surface area contributed by atoms with Crippen LogP contribution in [0.2, 0.25) is 0 Å². The number of hydrogen-bond donors (Lipinski definition) is 1. The molecule has 90 valence electrons. The van der Waals surface area contributed by atoms with Gasteiger partial charge in [-0.1, -0.05) is 0 Å². The molecule has 1 atom stereocenters. The van der Waals surface area contributed by atoms with E-state index in [4.69, 9.17) is 15.2 Å². The van der Waals surface area contributed by atoms with E-state index in [1.165, 1.54) is 20.3 Å². The quantitative estimate of drug-likeness (QED) is 0.855. The largest absolute Gasteiger partial charge is 0.496 e. The number of methoxy groups -OCH3 is 2. The highest BCUT2D eigenvalue weighted by atomic mass is 19.1. The van der Waals surface area contributed by atoms with Gasteiger partial charge in [-0.05, 0) is 31.5 Å². The minimum atomic E-state index is -0.872. The van der Waals surface area contributed by atoms with Crippen LogP contribution in [-0.4, -0.2) is 20.8 Å². The van der Waals surface area contributed by atoms with E-state index in [0.717, 1.165) is 5.56 Å². The Kier molecular flexibility index (Phi) is 3.88. The van der Waals surface area contributed by atoms with Crippen LogP contribution >= 0.6 is 0 Å². The third kappa shape index (κ3) is 2.18. The Hall–Kier alpha value is -1.13. The van der Waals surface area contributed by atoms with Crippen molar-refractivity contribution in [3.63, 3.8) is 0 Å². The van der Waals surface area contributed by atoms with Crippen molar-refractivity contribution in [2.24, 2.45) is 5.73 Å². The van der Waals surface area contributed by atoms with Gasteiger partial charge in [0.25, 0.3) is 0 Å². The molecule has 16 heavy (non-hydrogen) atoms. The van der Waals surface area contributed by atoms with Crippen LogP contribution in [-0.2, 0) is 10.3 Å². The van der Waals surface area contributed by atoms with Gasteiger partial charge in [0, 0.05) is 13.7 Å². The number of ether oxygens (including phenoxy) is 2. The van der Waals surface area contributed by atoms with Gasteiger partial charge in [-0.2, -0.15) is 0 Å². The van der Waals surface area contributed by atoms with Crippen LogP contribution in [0.5, 0.6) is 5.75 Å². The normalized spacial score (nSPS) is 14.6. The Morgan fingerprint density at radius 1 is 1.38 bits per heavy atom. The van der Waals surface area contributed by atoms with Crippen molar-refractivity contribution in [2.75, 3.05) is 20.8 Å². The summed E-state index contributed by atoms with van der Waals surface area (Å²) < 4.78 is 24.4. The van der Waals surface area contributed by atoms with Crippen molar-refractivity contribution in [1.29, 1.82) is 0 Å². The molecular weight excluding hydrogens is 209 g/mol. The number of hydrogen-bond acceptors (Lipinski definition) is 3. The summed E-state index contributed by atoms with van der Waals surface area (Å²) in [4.78, 5) is 0. The first-order valence-electron chi connectivity index (χ1n) is 5.08. The maximum atomic E-state index is 14.0. The molecule has 0 saturated heterocycles. The molecule has 4 heteroatoms. The van der Waals surface area contributed by atoms with Crippen molar-refractivity contribution in [1.82, 2.24) is 0 Å². The van der Waals surface area contributed by atoms with E-state index in [1.807, 2.05) is 6.92 Å². The Morgan fingerprint density at radius 3 is 2.44 bits per heavy atom. The lowest BCUT2D eigenvalue weighted by Crippen LogP contribution is -2.35. The summed E-state index contributed by atoms with van der Waals surface area (Å²) in [6.45, 7) is 3.73. The van der Waals surface area contributed by atoms with Crippen LogP contribution in [0.1, 0.15) is 18.1 Å². The molecule has 1 aromatic carbocycles. The summed E-state index contributed by atoms with van der Waals surface area (Å²) in [6.07, 6.45) is 0. The van der Waals surface area contributed by atoms with Crippen LogP contribution in [0, 0.1) is 12.7 Å². The maximum Gasteiger partial charge on any atom is 0.133 e. The Bertz CT molecular complexity index is 376. The fraction of sp³-hybridized carbons (Fsp3) is 0.500. The molecule has 0 fully saturated rings. The van der Waals surface area contributed by atoms with Crippen LogP contribution in [0.3, 0.4) is 0 Å². The van der Waals surface area contributed by atoms with Gasteiger partial charge in [-0.15, -0.1) is 0 Å². The van der Waals surface area contributed by atoms with Gasteiger partial charge in [0.2, 0.25) is 0 Å². The standard InChI is InChI=1S/C12H18FNO2/c1-8-5-9(13)11(10(6-8)15-3)12(2,7-14)16-4/h5-6H,7,14H2,1-4H3. The highest BCUT2D eigenvalue weighted by Gasteiger charge is 2.31. The van der Waals surface area contributed by atoms with Gasteiger partial charge in [-0.3, -0.25) is 0 Å². The number of nitrogens with two attached hydrogens (primary N) is 1. The van der Waals surface area contributed by atoms with E-state index in [0.29, 0.717) is 11.3 Å². The maximum absolute atomic E-state index is 14.0. The molecule has 0 aliphatic heterocycles. The summed E-state index contributed by atoms with van der Waals surface area (Å²) in [6, 6.07) is 3.22. The topological polar surface area (TPSA) is 44.5 Å². The molecule has 3 nitrogen and oxygen atoms in total. The number of aryl methyl sites for hydroxylation is 1. The number of halogens is 1. The molecule has 0 aromatic heterocycles. The summed E-state index contributed by atoms with van der Waals surface area (Å²) >= 11 is 0. The molecule has 1 rings (SSSR count). The van der Waals surface area contributed by atoms with Crippen molar-refractivity contribution >= 4 is 0 Å². The van der Waals surface area contributed by atoms with Gasteiger partial charge in [0.1, 0.15) is 17.2 Å². The zero-order valence-electron chi connectivity index (χ0n) is 10.1. The van der Waals surface area contributed by atoms with Crippen LogP contribution in [0.25, 0.3) is 0 Å². The Labute approximate surface area is 95.4 Å². The van der Waals surface area contributed by atoms with E-state index in [2.05, 4.69) is 0 Å². The number of benzene rings is 1. The molecule has 0 spiro atoms. The Morgan fingerprint density at radius 2 is 2.00 bits per heavy atom. The molecule has 1 aromatic rings. The molecule has 0 saturated carbocycles. The van der Waals surface area contributed by atoms with Gasteiger partial charge < -0.3 is 15.2 Å². The molecule has 0 radical (unpaired) electrons. The fourth-order valence-electron chi connectivity index (χ4n) is 1.67. The van der Waals surface area contributed by atoms with E-state index >= 15 is 0 Å². The van der Waals surface area contributed by atoms with Gasteiger partial charge in [-0.25, -0.2) is 4.39 Å². The first kappa shape index (κ1) is 12.9. The van der Waals surface area contributed by atoms with Gasteiger partial charge in [0.05, 0.1) is 12.7 Å². The third-order valence-corrected chi connectivity index (χ3v) is 2.79. The second-order valence-corrected chi connectivity index (χ2v) is 3.96. The number of rotatable bonds is 4. The Balaban J connectivity index is 3.41. The van der Waals surface area contributed by atoms with Gasteiger partial charge >= 0.3 is 0 Å². The average molecular weight is 227 g/mol. The highest BCUT2D eigenvalue weighted by molar-refractivity contribution is 5.42.